The van der Waals surface area contributed by atoms with Gasteiger partial charge in [-0.25, -0.2) is 0 Å². The summed E-state index contributed by atoms with van der Waals surface area (Å²) in [5, 5.41) is 2.29. The molecule has 0 unspecified atom stereocenters. The van der Waals surface area contributed by atoms with Crippen LogP contribution >= 0.6 is 0 Å². The molecule has 3 aromatic rings. The van der Waals surface area contributed by atoms with Crippen LogP contribution in [0, 0.1) is 0 Å². The molecule has 0 radical (unpaired) electrons. The minimum absolute atomic E-state index is 0.144. The van der Waals surface area contributed by atoms with Gasteiger partial charge in [0.1, 0.15) is 17.6 Å². The molecule has 0 aromatic heterocycles. The van der Waals surface area contributed by atoms with E-state index in [2.05, 4.69) is 69.3 Å². The van der Waals surface area contributed by atoms with Crippen LogP contribution in [0.5, 0.6) is 5.75 Å². The molecule has 1 heterocycles. The zero-order chi connectivity index (χ0) is 28.1. The number of Topliss-reactive ketones (excluding diaryl/α,β-unsaturated/α-hetero) is 1. The number of rotatable bonds is 11. The Kier molecular flexibility index (Phi) is 9.12. The van der Waals surface area contributed by atoms with Gasteiger partial charge in [-0.1, -0.05) is 93.6 Å². The molecule has 0 bridgehead atoms. The lowest BCUT2D eigenvalue weighted by Crippen LogP contribution is -2.67. The van der Waals surface area contributed by atoms with Crippen molar-refractivity contribution < 1.29 is 23.4 Å². The highest BCUT2D eigenvalue weighted by Gasteiger charge is 2.52. The molecule has 1 fully saturated rings. The molecule has 0 N–H and O–H groups in total. The Balaban J connectivity index is 1.52. The van der Waals surface area contributed by atoms with E-state index in [1.807, 2.05) is 50.2 Å². The van der Waals surface area contributed by atoms with Gasteiger partial charge in [0.2, 0.25) is 0 Å². The van der Waals surface area contributed by atoms with Crippen LogP contribution in [0.1, 0.15) is 53.0 Å². The minimum atomic E-state index is -2.73. The van der Waals surface area contributed by atoms with E-state index in [0.717, 1.165) is 11.3 Å². The topological polar surface area (TPSA) is 54.0 Å². The number of hydrogen-bond acceptors (Lipinski definition) is 5. The molecular formula is C33H42O5Si. The van der Waals surface area contributed by atoms with Crippen LogP contribution in [0.3, 0.4) is 0 Å². The molecule has 1 aliphatic heterocycles. The quantitative estimate of drug-likeness (QED) is 0.290. The number of benzene rings is 3. The third-order valence-corrected chi connectivity index (χ3v) is 12.5. The van der Waals surface area contributed by atoms with E-state index in [0.29, 0.717) is 25.9 Å². The Bertz CT molecular complexity index is 1160. The van der Waals surface area contributed by atoms with Crippen molar-refractivity contribution in [3.8, 4) is 5.75 Å². The van der Waals surface area contributed by atoms with Crippen molar-refractivity contribution in [2.24, 2.45) is 0 Å². The molecule has 39 heavy (non-hydrogen) atoms. The van der Waals surface area contributed by atoms with E-state index in [9.17, 15) is 4.79 Å². The molecule has 3 aromatic carbocycles. The summed E-state index contributed by atoms with van der Waals surface area (Å²) >= 11 is 0. The van der Waals surface area contributed by atoms with Crippen LogP contribution in [-0.2, 0) is 25.1 Å². The van der Waals surface area contributed by atoms with Crippen LogP contribution in [0.4, 0.5) is 0 Å². The van der Waals surface area contributed by atoms with Gasteiger partial charge in [-0.05, 0) is 53.4 Å². The number of ether oxygens (including phenoxy) is 3. The fourth-order valence-corrected chi connectivity index (χ4v) is 10.2. The predicted octanol–water partition coefficient (Wildman–Crippen LogP) is 5.68. The van der Waals surface area contributed by atoms with Gasteiger partial charge in [0.25, 0.3) is 8.32 Å². The number of ketones is 1. The maximum Gasteiger partial charge on any atom is 0.261 e. The average molecular weight is 547 g/mol. The highest BCUT2D eigenvalue weighted by molar-refractivity contribution is 6.99. The number of carbonyl (C=O) groups is 1. The number of methoxy groups -OCH3 is 1. The molecular weight excluding hydrogens is 504 g/mol. The molecule has 5 nitrogen and oxygen atoms in total. The first-order valence-corrected chi connectivity index (χ1v) is 15.7. The van der Waals surface area contributed by atoms with Gasteiger partial charge in [-0.2, -0.15) is 0 Å². The molecule has 0 spiro atoms. The SMILES string of the molecule is COc1ccc(CCC(=O)C[C@@H]2OC(C)(C)O[C@H]2CO[Si](c2ccccc2)(c2ccccc2)C(C)(C)C)cc1. The van der Waals surface area contributed by atoms with E-state index in [1.165, 1.54) is 10.4 Å². The largest absolute Gasteiger partial charge is 0.497 e. The van der Waals surface area contributed by atoms with E-state index < -0.39 is 14.1 Å². The summed E-state index contributed by atoms with van der Waals surface area (Å²) in [5.74, 6) is 0.195. The lowest BCUT2D eigenvalue weighted by Gasteiger charge is -2.43. The molecule has 0 saturated carbocycles. The lowest BCUT2D eigenvalue weighted by molar-refractivity contribution is -0.150. The smallest absolute Gasteiger partial charge is 0.261 e. The molecule has 0 amide bonds. The maximum atomic E-state index is 13.1. The van der Waals surface area contributed by atoms with Gasteiger partial charge in [-0.3, -0.25) is 4.79 Å². The Morgan fingerprint density at radius 3 is 1.90 bits per heavy atom. The standard InChI is InChI=1S/C33H42O5Si/c1-32(2,3)39(28-13-9-7-10-14-28,29-15-11-8-12-16-29)36-24-31-30(37-33(4,5)38-31)23-26(34)20-17-25-18-21-27(35-6)22-19-25/h7-16,18-19,21-22,30-31H,17,20,23-24H2,1-6H3/t30-,31-/m0/s1. The fraction of sp³-hybridized carbons (Fsp3) is 0.424. The Morgan fingerprint density at radius 1 is 0.846 bits per heavy atom. The van der Waals surface area contributed by atoms with Crippen LogP contribution in [0.2, 0.25) is 5.04 Å². The second kappa shape index (κ2) is 12.2. The highest BCUT2D eigenvalue weighted by Crippen LogP contribution is 2.38. The third kappa shape index (κ3) is 6.87. The lowest BCUT2D eigenvalue weighted by atomic mass is 10.0. The van der Waals surface area contributed by atoms with Crippen LogP contribution < -0.4 is 15.1 Å². The van der Waals surface area contributed by atoms with Gasteiger partial charge in [0.05, 0.1) is 19.8 Å². The van der Waals surface area contributed by atoms with E-state index in [4.69, 9.17) is 18.6 Å². The van der Waals surface area contributed by atoms with Crippen molar-refractivity contribution in [3.63, 3.8) is 0 Å². The summed E-state index contributed by atoms with van der Waals surface area (Å²) in [5.41, 5.74) is 1.11. The summed E-state index contributed by atoms with van der Waals surface area (Å²) in [4.78, 5) is 13.1. The highest BCUT2D eigenvalue weighted by atomic mass is 28.4. The first-order chi connectivity index (χ1) is 18.5. The summed E-state index contributed by atoms with van der Waals surface area (Å²) in [6.45, 7) is 10.9. The molecule has 6 heteroatoms. The normalized spacial score (nSPS) is 19.1. The van der Waals surface area contributed by atoms with Crippen molar-refractivity contribution in [1.29, 1.82) is 0 Å². The van der Waals surface area contributed by atoms with Gasteiger partial charge in [-0.15, -0.1) is 0 Å². The van der Waals surface area contributed by atoms with E-state index in [-0.39, 0.29) is 23.0 Å². The van der Waals surface area contributed by atoms with Crippen molar-refractivity contribution >= 4 is 24.5 Å². The van der Waals surface area contributed by atoms with Crippen LogP contribution in [-0.4, -0.2) is 45.8 Å². The minimum Gasteiger partial charge on any atom is -0.497 e. The van der Waals surface area contributed by atoms with Gasteiger partial charge in [0.15, 0.2) is 5.79 Å². The van der Waals surface area contributed by atoms with Crippen LogP contribution in [0.25, 0.3) is 0 Å². The maximum absolute atomic E-state index is 13.1. The third-order valence-electron chi connectivity index (χ3n) is 7.45. The van der Waals surface area contributed by atoms with Crippen molar-refractivity contribution in [1.82, 2.24) is 0 Å². The predicted molar refractivity (Wildman–Crippen MR) is 158 cm³/mol. The molecule has 2 atom stereocenters. The number of aryl methyl sites for hydroxylation is 1. The monoisotopic (exact) mass is 546 g/mol. The Labute approximate surface area is 234 Å². The Hall–Kier alpha value is -2.77. The zero-order valence-electron chi connectivity index (χ0n) is 24.1. The Morgan fingerprint density at radius 2 is 1.38 bits per heavy atom. The van der Waals surface area contributed by atoms with Gasteiger partial charge in [0, 0.05) is 12.8 Å². The first-order valence-electron chi connectivity index (χ1n) is 13.8. The van der Waals surface area contributed by atoms with E-state index in [1.54, 1.807) is 7.11 Å². The fourth-order valence-electron chi connectivity index (χ4n) is 5.59. The van der Waals surface area contributed by atoms with Gasteiger partial charge < -0.3 is 18.6 Å². The first kappa shape index (κ1) is 29.2. The zero-order valence-corrected chi connectivity index (χ0v) is 25.1. The number of hydrogen-bond donors (Lipinski definition) is 0. The summed E-state index contributed by atoms with van der Waals surface area (Å²) in [6.07, 6.45) is 0.736. The molecule has 0 aliphatic carbocycles. The summed E-state index contributed by atoms with van der Waals surface area (Å²) in [7, 11) is -1.08. The van der Waals surface area contributed by atoms with Crippen molar-refractivity contribution in [2.75, 3.05) is 13.7 Å². The summed E-state index contributed by atoms with van der Waals surface area (Å²) in [6, 6.07) is 29.0. The van der Waals surface area contributed by atoms with Crippen LogP contribution in [0.15, 0.2) is 84.9 Å². The molecule has 1 saturated heterocycles. The average Bonchev–Trinajstić information content (AvgIpc) is 3.21. The summed E-state index contributed by atoms with van der Waals surface area (Å²) < 4.78 is 24.9. The van der Waals surface area contributed by atoms with Gasteiger partial charge >= 0.3 is 0 Å². The second-order valence-corrected chi connectivity index (χ2v) is 16.1. The van der Waals surface area contributed by atoms with Crippen molar-refractivity contribution in [2.45, 2.75) is 76.9 Å². The second-order valence-electron chi connectivity index (χ2n) is 11.8. The number of carbonyl (C=O) groups excluding carboxylic acids is 1. The molecule has 1 aliphatic rings. The van der Waals surface area contributed by atoms with E-state index >= 15 is 0 Å². The van der Waals surface area contributed by atoms with Crippen molar-refractivity contribution in [3.05, 3.63) is 90.5 Å². The molecule has 4 rings (SSSR count). The molecule has 208 valence electrons.